The van der Waals surface area contributed by atoms with Crippen molar-refractivity contribution in [2.45, 2.75) is 236 Å². The number of carbonyl (C=O) groups is 7. The molecule has 3 amide bonds. The summed E-state index contributed by atoms with van der Waals surface area (Å²) < 4.78 is 10.3. The molecule has 0 unspecified atom stereocenters. The van der Waals surface area contributed by atoms with Crippen molar-refractivity contribution >= 4 is 63.1 Å². The molecule has 9 N–H and O–H groups in total. The molecule has 1 fully saturated rings. The lowest BCUT2D eigenvalue weighted by molar-refractivity contribution is -0.144. The Morgan fingerprint density at radius 1 is 0.549 bits per heavy atom. The maximum absolute atomic E-state index is 13.7. The van der Waals surface area contributed by atoms with E-state index >= 15 is 0 Å². The lowest BCUT2D eigenvalue weighted by Crippen LogP contribution is -2.60. The van der Waals surface area contributed by atoms with E-state index in [1.807, 2.05) is 197 Å². The predicted molar refractivity (Wildman–Crippen MR) is 461 cm³/mol. The molecule has 1 saturated heterocycles. The van der Waals surface area contributed by atoms with Gasteiger partial charge in [-0.15, -0.1) is 0 Å². The second-order valence-electron chi connectivity index (χ2n) is 34.9. The molecule has 5 rings (SSSR count). The first-order valence-electron chi connectivity index (χ1n) is 39.6. The van der Waals surface area contributed by atoms with Crippen molar-refractivity contribution in [3.8, 4) is 0 Å². The Balaban J connectivity index is 0.000000721. The third kappa shape index (κ3) is 31.0. The van der Waals surface area contributed by atoms with Crippen LogP contribution in [0.3, 0.4) is 0 Å². The van der Waals surface area contributed by atoms with Crippen molar-refractivity contribution < 1.29 is 68.3 Å². The highest BCUT2D eigenvalue weighted by atomic mass is 16.5. The van der Waals surface area contributed by atoms with Crippen LogP contribution in [0.4, 0.5) is 0 Å². The van der Waals surface area contributed by atoms with Gasteiger partial charge in [0.2, 0.25) is 17.7 Å². The summed E-state index contributed by atoms with van der Waals surface area (Å²) in [4.78, 5) is 95.5. The number of ether oxygens (including phenoxy) is 2. The first-order chi connectivity index (χ1) is 52.1. The highest BCUT2D eigenvalue weighted by Gasteiger charge is 2.46. The third-order valence-corrected chi connectivity index (χ3v) is 21.9. The number of benzene rings is 4. The van der Waals surface area contributed by atoms with Crippen LogP contribution in [0.1, 0.15) is 168 Å². The summed E-state index contributed by atoms with van der Waals surface area (Å²) >= 11 is 0. The van der Waals surface area contributed by atoms with Gasteiger partial charge in [-0.05, 0) is 114 Å². The fourth-order valence-corrected chi connectivity index (χ4v) is 13.7. The van der Waals surface area contributed by atoms with Crippen molar-refractivity contribution in [1.29, 1.82) is 0 Å². The molecular formula is C87H144B3N9O14. The summed E-state index contributed by atoms with van der Waals surface area (Å²) in [6, 6.07) is 36.7. The summed E-state index contributed by atoms with van der Waals surface area (Å²) in [5, 5.41) is 55.0. The SMILES string of the molecule is CB(O)N(C)[C@H](C(=O)N1CCOCC1)C(C)(C)c1ccccc1.CB(O)N(C)[C@H](C(=O)O)C(C)(C)c1ccccc1.CB(O)N(C)[C@H](C=O)C(C)(C)c1ccccc1.CCOC(=O)/C(C)=C/[C@H](C(C)C)N(C)C(=O)[C@@H](N)C(C)(C)C.CN[C@H](CN[C@H](C(=O)N(C)[C@H](/C=C(\C)C(=O)O)C(C)C)C(C)(C)C)C(C)(C)c1ccccc1. The van der Waals surface area contributed by atoms with E-state index in [0.717, 1.165) is 23.0 Å². The quantitative estimate of drug-likeness (QED) is 0.00975. The van der Waals surface area contributed by atoms with Gasteiger partial charge in [-0.1, -0.05) is 258 Å². The zero-order chi connectivity index (χ0) is 87.2. The largest absolute Gasteiger partial charge is 0.480 e. The number of rotatable bonds is 32. The van der Waals surface area contributed by atoms with Crippen LogP contribution in [0.15, 0.2) is 145 Å². The average Bonchev–Trinajstić information content (AvgIpc) is 0.783. The first kappa shape index (κ1) is 104. The molecule has 1 aliphatic heterocycles. The number of amides is 3. The van der Waals surface area contributed by atoms with Crippen LogP contribution in [0.2, 0.25) is 20.5 Å². The Labute approximate surface area is 680 Å². The Morgan fingerprint density at radius 3 is 1.23 bits per heavy atom. The number of esters is 1. The predicted octanol–water partition coefficient (Wildman–Crippen LogP) is 10.7. The zero-order valence-electron chi connectivity index (χ0n) is 74.2. The number of carboxylic acid groups (broad SMARTS) is 2. The van der Waals surface area contributed by atoms with E-state index in [2.05, 4.69) is 71.2 Å². The minimum atomic E-state index is -0.966. The highest BCUT2D eigenvalue weighted by molar-refractivity contribution is 6.46. The van der Waals surface area contributed by atoms with Crippen LogP contribution >= 0.6 is 0 Å². The summed E-state index contributed by atoms with van der Waals surface area (Å²) in [6.07, 6.45) is 4.37. The van der Waals surface area contributed by atoms with Gasteiger partial charge in [0, 0.05) is 72.6 Å². The van der Waals surface area contributed by atoms with E-state index in [-0.39, 0.29) is 86.9 Å². The number of aliphatic carboxylic acids is 2. The van der Waals surface area contributed by atoms with E-state index in [9.17, 15) is 58.8 Å². The molecular weight excluding hydrogens is 1430 g/mol. The number of hydrogen-bond acceptors (Lipinski definition) is 18. The maximum atomic E-state index is 13.7. The molecule has 1 aliphatic rings. The second kappa shape index (κ2) is 47.0. The number of aldehydes is 1. The van der Waals surface area contributed by atoms with E-state index in [1.165, 1.54) is 10.4 Å². The van der Waals surface area contributed by atoms with Gasteiger partial charge in [0.25, 0.3) is 0 Å². The summed E-state index contributed by atoms with van der Waals surface area (Å²) in [7, 11) is 8.47. The second-order valence-corrected chi connectivity index (χ2v) is 34.9. The van der Waals surface area contributed by atoms with Gasteiger partial charge in [0.05, 0.1) is 56.1 Å². The zero-order valence-corrected chi connectivity index (χ0v) is 74.2. The summed E-state index contributed by atoms with van der Waals surface area (Å²) in [5.74, 6) is -2.14. The molecule has 0 radical (unpaired) electrons. The molecule has 0 bridgehead atoms. The molecule has 1 heterocycles. The molecule has 630 valence electrons. The smallest absolute Gasteiger partial charge is 0.376 e. The molecule has 23 nitrogen and oxygen atoms in total. The van der Waals surface area contributed by atoms with E-state index < -0.39 is 68.1 Å². The van der Waals surface area contributed by atoms with Crippen LogP contribution in [-0.2, 0) is 64.7 Å². The Morgan fingerprint density at radius 2 is 0.903 bits per heavy atom. The highest BCUT2D eigenvalue weighted by Crippen LogP contribution is 2.35. The number of nitrogens with zero attached hydrogens (tertiary/aromatic N) is 6. The number of morpholine rings is 1. The van der Waals surface area contributed by atoms with Gasteiger partial charge >= 0.3 is 39.1 Å². The first-order valence-corrected chi connectivity index (χ1v) is 39.6. The molecule has 8 atom stereocenters. The number of carbonyl (C=O) groups excluding carboxylic acids is 5. The molecule has 0 saturated carbocycles. The van der Waals surface area contributed by atoms with Crippen LogP contribution in [0.5, 0.6) is 0 Å². The molecule has 0 aromatic heterocycles. The van der Waals surface area contributed by atoms with Gasteiger partial charge in [0.1, 0.15) is 12.3 Å². The van der Waals surface area contributed by atoms with Crippen LogP contribution in [-0.4, -0.2) is 248 Å². The Hall–Kier alpha value is -7.36. The lowest BCUT2D eigenvalue weighted by atomic mass is 9.71. The maximum Gasteiger partial charge on any atom is 0.376 e. The number of carboxylic acids is 2. The van der Waals surface area contributed by atoms with E-state index in [0.29, 0.717) is 45.0 Å². The Kier molecular flexibility index (Phi) is 43.1. The van der Waals surface area contributed by atoms with Crippen molar-refractivity contribution in [2.75, 3.05) is 81.7 Å². The number of nitrogens with one attached hydrogen (secondary N) is 2. The summed E-state index contributed by atoms with van der Waals surface area (Å²) in [6.45, 7) is 49.6. The van der Waals surface area contributed by atoms with Crippen LogP contribution in [0, 0.1) is 22.7 Å². The van der Waals surface area contributed by atoms with Crippen molar-refractivity contribution in [3.63, 3.8) is 0 Å². The van der Waals surface area contributed by atoms with Gasteiger partial charge < -0.3 is 85.1 Å². The average molecular weight is 1570 g/mol. The normalized spacial score (nSPS) is 15.3. The molecule has 4 aromatic rings. The fourth-order valence-electron chi connectivity index (χ4n) is 13.7. The van der Waals surface area contributed by atoms with Crippen LogP contribution in [0.25, 0.3) is 0 Å². The van der Waals surface area contributed by atoms with E-state index in [4.69, 9.17) is 15.2 Å². The van der Waals surface area contributed by atoms with Crippen molar-refractivity contribution in [1.82, 2.24) is 39.8 Å². The van der Waals surface area contributed by atoms with Crippen molar-refractivity contribution in [3.05, 3.63) is 167 Å². The molecule has 0 spiro atoms. The monoisotopic (exact) mass is 1570 g/mol. The fraction of sp³-hybridized carbons (Fsp3) is 0.598. The van der Waals surface area contributed by atoms with E-state index in [1.54, 1.807) is 108 Å². The molecule has 113 heavy (non-hydrogen) atoms. The number of hydrogen-bond donors (Lipinski definition) is 8. The topological polar surface area (TPSA) is 309 Å². The van der Waals surface area contributed by atoms with Gasteiger partial charge in [-0.3, -0.25) is 19.2 Å². The number of likely N-dealkylation sites (N-methyl/N-ethyl adjacent to an activating group) is 6. The standard InChI is InChI=1S/C27H45N3O3.C17H27BN2O3.C17H32N2O3.C13H20BNO3.C13H20BNO2/c1-18(2)21(16-19(3)25(32)33)30(10)24(31)23(26(4,5)6)29-17-22(28-9)27(7,8)20-14-12-11-13-15-20;1-17(2,14-8-6-5-7-9-14)15(19(4)18(3)22)16(21)20-10-12-23-13-11-20;1-9-22-16(21)12(4)10-13(11(2)3)19(8)15(20)14(18)17(5,6)7;1-13(2,10-8-6-5-7-9-10)11(12(16)17)15(4)14(3)18;1-13(2,11-8-6-5-7-9-11)12(10-16)15(4)14(3)17/h11-16,18,21-23,28-29H,17H2,1-10H3,(H,32,33);5-9,15,22H,10-13H2,1-4H3;10-11,13-14H,9,18H2,1-8H3;5-9,11,18H,1-4H3,(H,16,17);5-10,12,17H,1-4H3/b19-16+;;12-10+;;/t21-,22-,23-;15-;13-,14-;11-;12-/m11111/s1. The van der Waals surface area contributed by atoms with Crippen LogP contribution < -0.4 is 16.4 Å². The minimum Gasteiger partial charge on any atom is -0.480 e. The van der Waals surface area contributed by atoms with Gasteiger partial charge in [0.15, 0.2) is 0 Å². The van der Waals surface area contributed by atoms with Crippen molar-refractivity contribution in [2.24, 2.45) is 28.4 Å². The molecule has 26 heteroatoms. The lowest BCUT2D eigenvalue weighted by Gasteiger charge is -2.43. The number of nitrogens with two attached hydrogens (primary N) is 1. The third-order valence-electron chi connectivity index (χ3n) is 21.9. The summed E-state index contributed by atoms with van der Waals surface area (Å²) in [5.41, 5.74) is 9.00. The minimum absolute atomic E-state index is 0.0389. The molecule has 4 aromatic carbocycles. The molecule has 0 aliphatic carbocycles. The van der Waals surface area contributed by atoms with Gasteiger partial charge in [-0.25, -0.2) is 9.59 Å². The van der Waals surface area contributed by atoms with Gasteiger partial charge in [-0.2, -0.15) is 0 Å². The Bertz CT molecular complexity index is 3580.